The van der Waals surface area contributed by atoms with Crippen molar-refractivity contribution in [1.82, 2.24) is 4.98 Å². The molecule has 0 atom stereocenters. The fraction of sp³-hybridized carbons (Fsp3) is 0.400. The van der Waals surface area contributed by atoms with E-state index in [0.717, 1.165) is 10.3 Å². The predicted octanol–water partition coefficient (Wildman–Crippen LogP) is 1.84. The highest BCUT2D eigenvalue weighted by molar-refractivity contribution is 9.10. The number of pyridine rings is 1. The quantitative estimate of drug-likeness (QED) is 0.785. The molecule has 82 valence electrons. The second kappa shape index (κ2) is 5.70. The first-order valence-electron chi connectivity index (χ1n) is 4.60. The molecular weight excluding hydrogens is 260 g/mol. The molecule has 0 aliphatic rings. The van der Waals surface area contributed by atoms with Crippen molar-refractivity contribution < 1.29 is 9.53 Å². The SMILES string of the molecule is CCN(CC(=O)OC)c1ccc(Br)cn1. The van der Waals surface area contributed by atoms with Gasteiger partial charge in [0, 0.05) is 17.2 Å². The number of ether oxygens (including phenoxy) is 1. The van der Waals surface area contributed by atoms with Gasteiger partial charge in [-0.2, -0.15) is 0 Å². The Morgan fingerprint density at radius 3 is 2.80 bits per heavy atom. The van der Waals surface area contributed by atoms with E-state index in [0.29, 0.717) is 6.54 Å². The minimum absolute atomic E-state index is 0.224. The third-order valence-electron chi connectivity index (χ3n) is 1.97. The van der Waals surface area contributed by atoms with Crippen LogP contribution in [-0.2, 0) is 9.53 Å². The third kappa shape index (κ3) is 3.51. The van der Waals surface area contributed by atoms with E-state index in [1.54, 1.807) is 6.20 Å². The molecular formula is C10H13BrN2O2. The van der Waals surface area contributed by atoms with E-state index in [2.05, 4.69) is 25.7 Å². The number of rotatable bonds is 4. The van der Waals surface area contributed by atoms with Gasteiger partial charge in [0.15, 0.2) is 0 Å². The molecule has 4 nitrogen and oxygen atoms in total. The van der Waals surface area contributed by atoms with Gasteiger partial charge < -0.3 is 9.64 Å². The maximum Gasteiger partial charge on any atom is 0.325 e. The first-order valence-corrected chi connectivity index (χ1v) is 5.40. The summed E-state index contributed by atoms with van der Waals surface area (Å²) in [5.74, 6) is 0.507. The molecule has 0 bridgehead atoms. The highest BCUT2D eigenvalue weighted by Gasteiger charge is 2.10. The number of halogens is 1. The monoisotopic (exact) mass is 272 g/mol. The molecule has 0 aliphatic heterocycles. The van der Waals surface area contributed by atoms with Gasteiger partial charge in [0.2, 0.25) is 0 Å². The summed E-state index contributed by atoms with van der Waals surface area (Å²) in [7, 11) is 1.38. The molecule has 1 aromatic rings. The number of carbonyl (C=O) groups excluding carboxylic acids is 1. The number of carbonyl (C=O) groups is 1. The van der Waals surface area contributed by atoms with Crippen molar-refractivity contribution in [2.45, 2.75) is 6.92 Å². The van der Waals surface area contributed by atoms with Crippen molar-refractivity contribution in [1.29, 1.82) is 0 Å². The number of likely N-dealkylation sites (N-methyl/N-ethyl adjacent to an activating group) is 1. The Labute approximate surface area is 97.4 Å². The molecule has 0 unspecified atom stereocenters. The highest BCUT2D eigenvalue weighted by atomic mass is 79.9. The van der Waals surface area contributed by atoms with Crippen LogP contribution in [0.4, 0.5) is 5.82 Å². The number of anilines is 1. The molecule has 0 saturated heterocycles. The number of methoxy groups -OCH3 is 1. The molecule has 1 rings (SSSR count). The van der Waals surface area contributed by atoms with Gasteiger partial charge in [-0.05, 0) is 35.0 Å². The van der Waals surface area contributed by atoms with Crippen LogP contribution in [0, 0.1) is 0 Å². The summed E-state index contributed by atoms with van der Waals surface area (Å²) in [4.78, 5) is 17.2. The van der Waals surface area contributed by atoms with E-state index in [9.17, 15) is 4.79 Å². The van der Waals surface area contributed by atoms with E-state index in [1.807, 2.05) is 24.0 Å². The Hall–Kier alpha value is -1.10. The van der Waals surface area contributed by atoms with Gasteiger partial charge in [0.05, 0.1) is 7.11 Å². The normalized spacial score (nSPS) is 9.80. The number of esters is 1. The largest absolute Gasteiger partial charge is 0.468 e. The molecule has 0 spiro atoms. The molecule has 15 heavy (non-hydrogen) atoms. The van der Waals surface area contributed by atoms with Crippen molar-refractivity contribution in [3.63, 3.8) is 0 Å². The summed E-state index contributed by atoms with van der Waals surface area (Å²) in [6, 6.07) is 3.75. The summed E-state index contributed by atoms with van der Waals surface area (Å²) < 4.78 is 5.53. The lowest BCUT2D eigenvalue weighted by Crippen LogP contribution is -2.30. The molecule has 5 heteroatoms. The first-order chi connectivity index (χ1) is 7.17. The molecule has 0 radical (unpaired) electrons. The van der Waals surface area contributed by atoms with E-state index >= 15 is 0 Å². The lowest BCUT2D eigenvalue weighted by atomic mass is 10.4. The van der Waals surface area contributed by atoms with Crippen molar-refractivity contribution >= 4 is 27.7 Å². The summed E-state index contributed by atoms with van der Waals surface area (Å²) in [6.45, 7) is 2.90. The lowest BCUT2D eigenvalue weighted by molar-refractivity contribution is -0.138. The summed E-state index contributed by atoms with van der Waals surface area (Å²) >= 11 is 3.31. The minimum Gasteiger partial charge on any atom is -0.468 e. The number of hydrogen-bond acceptors (Lipinski definition) is 4. The molecule has 0 fully saturated rings. The van der Waals surface area contributed by atoms with Crippen molar-refractivity contribution in [2.24, 2.45) is 0 Å². The third-order valence-corrected chi connectivity index (χ3v) is 2.43. The molecule has 0 aliphatic carbocycles. The highest BCUT2D eigenvalue weighted by Crippen LogP contribution is 2.14. The Balaban J connectivity index is 2.74. The Morgan fingerprint density at radius 2 is 2.33 bits per heavy atom. The molecule has 1 aromatic heterocycles. The molecule has 0 amide bonds. The first kappa shape index (κ1) is 12.0. The summed E-state index contributed by atoms with van der Waals surface area (Å²) in [5.41, 5.74) is 0. The van der Waals surface area contributed by atoms with Crippen LogP contribution >= 0.6 is 15.9 Å². The maximum absolute atomic E-state index is 11.1. The summed E-state index contributed by atoms with van der Waals surface area (Å²) in [6.07, 6.45) is 1.70. The molecule has 0 N–H and O–H groups in total. The fourth-order valence-corrected chi connectivity index (χ4v) is 1.36. The predicted molar refractivity (Wildman–Crippen MR) is 61.8 cm³/mol. The minimum atomic E-state index is -0.262. The fourth-order valence-electron chi connectivity index (χ4n) is 1.13. The van der Waals surface area contributed by atoms with Gasteiger partial charge >= 0.3 is 5.97 Å². The van der Waals surface area contributed by atoms with E-state index in [-0.39, 0.29) is 12.5 Å². The zero-order valence-corrected chi connectivity index (χ0v) is 10.3. The average Bonchev–Trinajstić information content (AvgIpc) is 2.27. The second-order valence-corrected chi connectivity index (χ2v) is 3.84. The smallest absolute Gasteiger partial charge is 0.325 e. The zero-order valence-electron chi connectivity index (χ0n) is 8.74. The Kier molecular flexibility index (Phi) is 4.55. The second-order valence-electron chi connectivity index (χ2n) is 2.92. The zero-order chi connectivity index (χ0) is 11.3. The average molecular weight is 273 g/mol. The maximum atomic E-state index is 11.1. The van der Waals surface area contributed by atoms with Crippen LogP contribution in [0.25, 0.3) is 0 Å². The molecule has 0 aromatic carbocycles. The van der Waals surface area contributed by atoms with Crippen molar-refractivity contribution in [2.75, 3.05) is 25.1 Å². The number of nitrogens with zero attached hydrogens (tertiary/aromatic N) is 2. The van der Waals surface area contributed by atoms with E-state index in [4.69, 9.17) is 0 Å². The Bertz CT molecular complexity index is 327. The lowest BCUT2D eigenvalue weighted by Gasteiger charge is -2.20. The summed E-state index contributed by atoms with van der Waals surface area (Å²) in [5, 5.41) is 0. The van der Waals surface area contributed by atoms with Crippen LogP contribution in [0.15, 0.2) is 22.8 Å². The Morgan fingerprint density at radius 1 is 1.60 bits per heavy atom. The van der Waals surface area contributed by atoms with Crippen LogP contribution < -0.4 is 4.90 Å². The van der Waals surface area contributed by atoms with Gasteiger partial charge in [-0.15, -0.1) is 0 Å². The van der Waals surface area contributed by atoms with Crippen LogP contribution in [0.2, 0.25) is 0 Å². The van der Waals surface area contributed by atoms with E-state index < -0.39 is 0 Å². The van der Waals surface area contributed by atoms with Gasteiger partial charge in [0.1, 0.15) is 12.4 Å². The molecule has 1 heterocycles. The van der Waals surface area contributed by atoms with Gasteiger partial charge in [-0.1, -0.05) is 0 Å². The number of hydrogen-bond donors (Lipinski definition) is 0. The van der Waals surface area contributed by atoms with Crippen molar-refractivity contribution in [3.8, 4) is 0 Å². The standard InChI is InChI=1S/C10H13BrN2O2/c1-3-13(7-10(14)15-2)9-5-4-8(11)6-12-9/h4-6H,3,7H2,1-2H3. The van der Waals surface area contributed by atoms with Crippen LogP contribution in [-0.4, -0.2) is 31.2 Å². The van der Waals surface area contributed by atoms with Gasteiger partial charge in [0.25, 0.3) is 0 Å². The van der Waals surface area contributed by atoms with Crippen LogP contribution in [0.1, 0.15) is 6.92 Å². The van der Waals surface area contributed by atoms with Crippen LogP contribution in [0.5, 0.6) is 0 Å². The van der Waals surface area contributed by atoms with Gasteiger partial charge in [-0.25, -0.2) is 4.98 Å². The van der Waals surface area contributed by atoms with Crippen molar-refractivity contribution in [3.05, 3.63) is 22.8 Å². The topological polar surface area (TPSA) is 42.4 Å². The number of aromatic nitrogens is 1. The van der Waals surface area contributed by atoms with Gasteiger partial charge in [-0.3, -0.25) is 4.79 Å². The van der Waals surface area contributed by atoms with E-state index in [1.165, 1.54) is 7.11 Å². The van der Waals surface area contributed by atoms with Crippen LogP contribution in [0.3, 0.4) is 0 Å². The molecule has 0 saturated carbocycles.